The van der Waals surface area contributed by atoms with E-state index < -0.39 is 0 Å². The Kier molecular flexibility index (Phi) is 5.58. The van der Waals surface area contributed by atoms with E-state index in [4.69, 9.17) is 4.74 Å². The molecule has 0 aliphatic carbocycles. The summed E-state index contributed by atoms with van der Waals surface area (Å²) in [7, 11) is 1.63. The standard InChI is InChI=1S/C19H27N3O3/c1-15(14-25-2)22-13-16(12-18(22)23)19(24)21-10-8-20(9-11-21)17-6-4-3-5-7-17/h3-7,15-16H,8-14H2,1-2H3. The first kappa shape index (κ1) is 17.7. The molecule has 25 heavy (non-hydrogen) atoms. The number of rotatable bonds is 5. The largest absolute Gasteiger partial charge is 0.383 e. The van der Waals surface area contributed by atoms with Crippen molar-refractivity contribution in [3.8, 4) is 0 Å². The van der Waals surface area contributed by atoms with Crippen LogP contribution in [-0.4, -0.2) is 74.1 Å². The van der Waals surface area contributed by atoms with Gasteiger partial charge >= 0.3 is 0 Å². The molecule has 2 heterocycles. The molecule has 2 amide bonds. The number of likely N-dealkylation sites (tertiary alicyclic amines) is 1. The van der Waals surface area contributed by atoms with Gasteiger partial charge in [-0.25, -0.2) is 0 Å². The molecule has 2 aliphatic rings. The number of hydrogen-bond donors (Lipinski definition) is 0. The molecule has 1 aromatic rings. The zero-order valence-corrected chi connectivity index (χ0v) is 15.1. The molecule has 6 nitrogen and oxygen atoms in total. The van der Waals surface area contributed by atoms with Gasteiger partial charge in [-0.1, -0.05) is 18.2 Å². The highest BCUT2D eigenvalue weighted by Gasteiger charge is 2.38. The zero-order chi connectivity index (χ0) is 17.8. The minimum atomic E-state index is -0.213. The number of piperazine rings is 1. The molecule has 0 saturated carbocycles. The van der Waals surface area contributed by atoms with E-state index in [-0.39, 0.29) is 23.8 Å². The van der Waals surface area contributed by atoms with Gasteiger partial charge in [-0.15, -0.1) is 0 Å². The van der Waals surface area contributed by atoms with Crippen LogP contribution in [-0.2, 0) is 14.3 Å². The quantitative estimate of drug-likeness (QED) is 0.805. The number of carbonyl (C=O) groups excluding carboxylic acids is 2. The van der Waals surface area contributed by atoms with E-state index >= 15 is 0 Å². The Labute approximate surface area is 149 Å². The highest BCUT2D eigenvalue weighted by molar-refractivity contribution is 5.89. The predicted molar refractivity (Wildman–Crippen MR) is 96.4 cm³/mol. The lowest BCUT2D eigenvalue weighted by Gasteiger charge is -2.37. The molecule has 136 valence electrons. The Hall–Kier alpha value is -2.08. The van der Waals surface area contributed by atoms with E-state index in [2.05, 4.69) is 17.0 Å². The lowest BCUT2D eigenvalue weighted by Crippen LogP contribution is -2.50. The third-order valence-corrected chi connectivity index (χ3v) is 5.16. The normalized spacial score (nSPS) is 22.4. The first-order chi connectivity index (χ1) is 12.1. The van der Waals surface area contributed by atoms with E-state index in [9.17, 15) is 9.59 Å². The summed E-state index contributed by atoms with van der Waals surface area (Å²) in [6.07, 6.45) is 0.325. The number of para-hydroxylation sites is 1. The second-order valence-corrected chi connectivity index (χ2v) is 6.90. The lowest BCUT2D eigenvalue weighted by atomic mass is 10.1. The minimum Gasteiger partial charge on any atom is -0.383 e. The Bertz CT molecular complexity index is 599. The summed E-state index contributed by atoms with van der Waals surface area (Å²) >= 11 is 0. The molecule has 2 atom stereocenters. The topological polar surface area (TPSA) is 53.1 Å². The molecule has 2 saturated heterocycles. The Morgan fingerprint density at radius 2 is 1.88 bits per heavy atom. The average molecular weight is 345 g/mol. The predicted octanol–water partition coefficient (Wildman–Crippen LogP) is 1.22. The molecule has 3 rings (SSSR count). The fourth-order valence-corrected chi connectivity index (χ4v) is 3.74. The number of amides is 2. The van der Waals surface area contributed by atoms with Crippen LogP contribution in [0.1, 0.15) is 13.3 Å². The van der Waals surface area contributed by atoms with Gasteiger partial charge in [-0.05, 0) is 19.1 Å². The summed E-state index contributed by atoms with van der Waals surface area (Å²) < 4.78 is 5.14. The molecule has 0 bridgehead atoms. The first-order valence-corrected chi connectivity index (χ1v) is 8.97. The van der Waals surface area contributed by atoms with Gasteiger partial charge in [0.1, 0.15) is 0 Å². The van der Waals surface area contributed by atoms with Crippen molar-refractivity contribution in [1.82, 2.24) is 9.80 Å². The molecule has 0 N–H and O–H groups in total. The first-order valence-electron chi connectivity index (χ1n) is 8.97. The third-order valence-electron chi connectivity index (χ3n) is 5.16. The van der Waals surface area contributed by atoms with Crippen LogP contribution in [0.5, 0.6) is 0 Å². The van der Waals surface area contributed by atoms with Crippen LogP contribution in [0.2, 0.25) is 0 Å². The smallest absolute Gasteiger partial charge is 0.228 e. The highest BCUT2D eigenvalue weighted by atomic mass is 16.5. The van der Waals surface area contributed by atoms with Crippen LogP contribution in [0.25, 0.3) is 0 Å². The van der Waals surface area contributed by atoms with Crippen molar-refractivity contribution in [2.24, 2.45) is 5.92 Å². The number of hydrogen-bond acceptors (Lipinski definition) is 4. The van der Waals surface area contributed by atoms with Gasteiger partial charge < -0.3 is 19.4 Å². The second-order valence-electron chi connectivity index (χ2n) is 6.90. The van der Waals surface area contributed by atoms with Crippen molar-refractivity contribution in [1.29, 1.82) is 0 Å². The summed E-state index contributed by atoms with van der Waals surface area (Å²) in [5.41, 5.74) is 1.20. The fraction of sp³-hybridized carbons (Fsp3) is 0.579. The Morgan fingerprint density at radius 3 is 2.52 bits per heavy atom. The molecular formula is C19H27N3O3. The molecule has 0 radical (unpaired) electrons. The van der Waals surface area contributed by atoms with Crippen LogP contribution >= 0.6 is 0 Å². The van der Waals surface area contributed by atoms with Crippen LogP contribution in [0.3, 0.4) is 0 Å². The van der Waals surface area contributed by atoms with E-state index in [1.54, 1.807) is 12.0 Å². The van der Waals surface area contributed by atoms with E-state index in [1.807, 2.05) is 30.0 Å². The van der Waals surface area contributed by atoms with E-state index in [0.29, 0.717) is 32.7 Å². The molecular weight excluding hydrogens is 318 g/mol. The molecule has 2 aliphatic heterocycles. The Balaban J connectivity index is 1.54. The average Bonchev–Trinajstić information content (AvgIpc) is 3.04. The monoisotopic (exact) mass is 345 g/mol. The molecule has 6 heteroatoms. The third kappa shape index (κ3) is 3.95. The number of carbonyl (C=O) groups is 2. The van der Waals surface area contributed by atoms with Gasteiger partial charge in [-0.3, -0.25) is 9.59 Å². The number of anilines is 1. The van der Waals surface area contributed by atoms with Crippen molar-refractivity contribution in [2.45, 2.75) is 19.4 Å². The van der Waals surface area contributed by atoms with Gasteiger partial charge in [-0.2, -0.15) is 0 Å². The van der Waals surface area contributed by atoms with Crippen molar-refractivity contribution in [3.05, 3.63) is 30.3 Å². The van der Waals surface area contributed by atoms with Gasteiger partial charge in [0.05, 0.1) is 18.6 Å². The minimum absolute atomic E-state index is 0.0187. The molecule has 2 unspecified atom stereocenters. The summed E-state index contributed by atoms with van der Waals surface area (Å²) in [6.45, 7) is 6.08. The number of benzene rings is 1. The SMILES string of the molecule is COCC(C)N1CC(C(=O)N2CCN(c3ccccc3)CC2)CC1=O. The summed E-state index contributed by atoms with van der Waals surface area (Å²) in [5, 5.41) is 0. The van der Waals surface area contributed by atoms with Gasteiger partial charge in [0.2, 0.25) is 11.8 Å². The van der Waals surface area contributed by atoms with Crippen LogP contribution in [0.15, 0.2) is 30.3 Å². The maximum absolute atomic E-state index is 12.8. The van der Waals surface area contributed by atoms with Crippen LogP contribution in [0, 0.1) is 5.92 Å². The fourth-order valence-electron chi connectivity index (χ4n) is 3.74. The van der Waals surface area contributed by atoms with Crippen molar-refractivity contribution < 1.29 is 14.3 Å². The highest BCUT2D eigenvalue weighted by Crippen LogP contribution is 2.24. The summed E-state index contributed by atoms with van der Waals surface area (Å²) in [6, 6.07) is 10.3. The van der Waals surface area contributed by atoms with Gasteiger partial charge in [0, 0.05) is 51.9 Å². The van der Waals surface area contributed by atoms with Crippen LogP contribution < -0.4 is 4.90 Å². The van der Waals surface area contributed by atoms with Crippen molar-refractivity contribution >= 4 is 17.5 Å². The van der Waals surface area contributed by atoms with E-state index in [0.717, 1.165) is 13.1 Å². The Morgan fingerprint density at radius 1 is 1.20 bits per heavy atom. The zero-order valence-electron chi connectivity index (χ0n) is 15.1. The van der Waals surface area contributed by atoms with Crippen molar-refractivity contribution in [2.75, 3.05) is 51.3 Å². The second kappa shape index (κ2) is 7.87. The lowest BCUT2D eigenvalue weighted by molar-refractivity contribution is -0.136. The van der Waals surface area contributed by atoms with Crippen molar-refractivity contribution in [3.63, 3.8) is 0 Å². The maximum atomic E-state index is 12.8. The molecule has 2 fully saturated rings. The summed E-state index contributed by atoms with van der Waals surface area (Å²) in [5.74, 6) is -0.0333. The molecule has 1 aromatic carbocycles. The molecule has 0 spiro atoms. The van der Waals surface area contributed by atoms with Gasteiger partial charge in [0.25, 0.3) is 0 Å². The number of methoxy groups -OCH3 is 1. The van der Waals surface area contributed by atoms with Crippen LogP contribution in [0.4, 0.5) is 5.69 Å². The van der Waals surface area contributed by atoms with Gasteiger partial charge in [0.15, 0.2) is 0 Å². The molecule has 0 aromatic heterocycles. The summed E-state index contributed by atoms with van der Waals surface area (Å²) in [4.78, 5) is 31.0. The maximum Gasteiger partial charge on any atom is 0.228 e. The number of ether oxygens (including phenoxy) is 1. The number of nitrogens with zero attached hydrogens (tertiary/aromatic N) is 3. The van der Waals surface area contributed by atoms with E-state index in [1.165, 1.54) is 5.69 Å².